The van der Waals surface area contributed by atoms with Gasteiger partial charge in [-0.1, -0.05) is 89.4 Å². The van der Waals surface area contributed by atoms with Gasteiger partial charge in [0.1, 0.15) is 0 Å². The van der Waals surface area contributed by atoms with Crippen molar-refractivity contribution in [1.29, 1.82) is 0 Å². The lowest BCUT2D eigenvalue weighted by Gasteiger charge is -2.19. The van der Waals surface area contributed by atoms with Crippen LogP contribution < -0.4 is 0 Å². The molecule has 23 heavy (non-hydrogen) atoms. The van der Waals surface area contributed by atoms with Crippen LogP contribution in [0.15, 0.2) is 24.3 Å². The quantitative estimate of drug-likeness (QED) is 0.238. The van der Waals surface area contributed by atoms with E-state index >= 15 is 0 Å². The van der Waals surface area contributed by atoms with Crippen molar-refractivity contribution in [3.05, 3.63) is 24.3 Å². The molecule has 1 aliphatic rings. The maximum Gasteiger partial charge on any atom is 0.328 e. The Morgan fingerprint density at radius 2 is 1.61 bits per heavy atom. The predicted octanol–water partition coefficient (Wildman–Crippen LogP) is 6.52. The molecule has 0 heterocycles. The maximum atomic E-state index is 10.3. The predicted molar refractivity (Wildman–Crippen MR) is 98.6 cm³/mol. The van der Waals surface area contributed by atoms with Crippen LogP contribution in [0.5, 0.6) is 0 Å². The van der Waals surface area contributed by atoms with Crippen molar-refractivity contribution in [3.8, 4) is 0 Å². The fourth-order valence-electron chi connectivity index (χ4n) is 3.87. The molecule has 1 aliphatic carbocycles. The van der Waals surface area contributed by atoms with Crippen LogP contribution >= 0.6 is 0 Å². The fourth-order valence-corrected chi connectivity index (χ4v) is 3.87. The Bertz CT molecular complexity index is 357. The smallest absolute Gasteiger partial charge is 0.328 e. The zero-order valence-electron chi connectivity index (χ0n) is 15.0. The molecule has 0 amide bonds. The van der Waals surface area contributed by atoms with Crippen LogP contribution in [0.25, 0.3) is 0 Å². The number of aliphatic carboxylic acids is 1. The monoisotopic (exact) mass is 320 g/mol. The third kappa shape index (κ3) is 10.4. The van der Waals surface area contributed by atoms with Crippen LogP contribution in [-0.4, -0.2) is 11.1 Å². The highest BCUT2D eigenvalue weighted by Gasteiger charge is 2.25. The number of carbonyl (C=O) groups is 1. The van der Waals surface area contributed by atoms with Crippen LogP contribution in [0.2, 0.25) is 0 Å². The molecule has 132 valence electrons. The summed E-state index contributed by atoms with van der Waals surface area (Å²) in [5, 5.41) is 8.50. The molecule has 0 radical (unpaired) electrons. The molecule has 1 fully saturated rings. The van der Waals surface area contributed by atoms with E-state index in [9.17, 15) is 4.79 Å². The van der Waals surface area contributed by atoms with Gasteiger partial charge in [-0.05, 0) is 31.1 Å². The van der Waals surface area contributed by atoms with Crippen molar-refractivity contribution in [2.75, 3.05) is 0 Å². The molecule has 1 saturated carbocycles. The SMILES string of the molecule is CCCCCCCC[C@H]1CCC[C@@H]1CCCC=C/C=C/C(=O)O. The normalized spacial score (nSPS) is 21.6. The van der Waals surface area contributed by atoms with Crippen molar-refractivity contribution < 1.29 is 9.90 Å². The second-order valence-electron chi connectivity index (χ2n) is 7.06. The molecule has 0 unspecified atom stereocenters. The second-order valence-corrected chi connectivity index (χ2v) is 7.06. The molecule has 0 aromatic rings. The summed E-state index contributed by atoms with van der Waals surface area (Å²) < 4.78 is 0. The zero-order valence-corrected chi connectivity index (χ0v) is 15.0. The van der Waals surface area contributed by atoms with E-state index in [2.05, 4.69) is 13.0 Å². The van der Waals surface area contributed by atoms with Gasteiger partial charge in [0.2, 0.25) is 0 Å². The molecule has 0 aromatic heterocycles. The molecule has 2 heteroatoms. The number of unbranched alkanes of at least 4 members (excludes halogenated alkanes) is 6. The molecule has 0 bridgehead atoms. The minimum Gasteiger partial charge on any atom is -0.478 e. The third-order valence-electron chi connectivity index (χ3n) is 5.18. The topological polar surface area (TPSA) is 37.3 Å². The van der Waals surface area contributed by atoms with E-state index < -0.39 is 5.97 Å². The minimum atomic E-state index is -0.877. The fraction of sp³-hybridized carbons (Fsp3) is 0.762. The molecule has 1 rings (SSSR count). The number of carboxylic acids is 1. The van der Waals surface area contributed by atoms with Gasteiger partial charge in [0.05, 0.1) is 0 Å². The Labute approximate surface area is 143 Å². The Morgan fingerprint density at radius 3 is 2.30 bits per heavy atom. The first-order valence-corrected chi connectivity index (χ1v) is 9.80. The highest BCUT2D eigenvalue weighted by molar-refractivity contribution is 5.80. The lowest BCUT2D eigenvalue weighted by atomic mass is 9.87. The van der Waals surface area contributed by atoms with E-state index in [1.165, 1.54) is 83.1 Å². The summed E-state index contributed by atoms with van der Waals surface area (Å²) in [6.45, 7) is 2.28. The van der Waals surface area contributed by atoms with Gasteiger partial charge in [0, 0.05) is 6.08 Å². The van der Waals surface area contributed by atoms with Crippen LogP contribution in [0, 0.1) is 11.8 Å². The first kappa shape index (κ1) is 20.0. The lowest BCUT2D eigenvalue weighted by molar-refractivity contribution is -0.131. The van der Waals surface area contributed by atoms with Gasteiger partial charge in [-0.3, -0.25) is 0 Å². The molecule has 0 aromatic carbocycles. The number of carboxylic acid groups (broad SMARTS) is 1. The molecular formula is C21H36O2. The first-order chi connectivity index (χ1) is 11.2. The van der Waals surface area contributed by atoms with E-state index in [-0.39, 0.29) is 0 Å². The second kappa shape index (κ2) is 13.4. The Morgan fingerprint density at radius 1 is 0.957 bits per heavy atom. The van der Waals surface area contributed by atoms with E-state index in [0.717, 1.165) is 18.3 Å². The van der Waals surface area contributed by atoms with Gasteiger partial charge >= 0.3 is 5.97 Å². The molecular weight excluding hydrogens is 284 g/mol. The van der Waals surface area contributed by atoms with Gasteiger partial charge in [-0.25, -0.2) is 4.79 Å². The van der Waals surface area contributed by atoms with Gasteiger partial charge in [0.25, 0.3) is 0 Å². The van der Waals surface area contributed by atoms with Gasteiger partial charge in [0.15, 0.2) is 0 Å². The summed E-state index contributed by atoms with van der Waals surface area (Å²) >= 11 is 0. The average molecular weight is 321 g/mol. The highest BCUT2D eigenvalue weighted by atomic mass is 16.4. The van der Waals surface area contributed by atoms with Crippen molar-refractivity contribution in [1.82, 2.24) is 0 Å². The third-order valence-corrected chi connectivity index (χ3v) is 5.18. The number of hydrogen-bond acceptors (Lipinski definition) is 1. The summed E-state index contributed by atoms with van der Waals surface area (Å²) in [6, 6.07) is 0. The first-order valence-electron chi connectivity index (χ1n) is 9.80. The average Bonchev–Trinajstić information content (AvgIpc) is 2.97. The van der Waals surface area contributed by atoms with Crippen LogP contribution in [0.4, 0.5) is 0 Å². The van der Waals surface area contributed by atoms with E-state index in [0.29, 0.717) is 0 Å². The molecule has 2 nitrogen and oxygen atoms in total. The van der Waals surface area contributed by atoms with Crippen LogP contribution in [0.3, 0.4) is 0 Å². The molecule has 2 atom stereocenters. The summed E-state index contributed by atoms with van der Waals surface area (Å²) in [6.07, 6.45) is 24.7. The molecule has 0 spiro atoms. The Hall–Kier alpha value is -1.05. The van der Waals surface area contributed by atoms with E-state index in [1.807, 2.05) is 6.08 Å². The summed E-state index contributed by atoms with van der Waals surface area (Å²) in [5.74, 6) is 1.06. The summed E-state index contributed by atoms with van der Waals surface area (Å²) in [7, 11) is 0. The van der Waals surface area contributed by atoms with E-state index in [1.54, 1.807) is 6.08 Å². The largest absolute Gasteiger partial charge is 0.478 e. The maximum absolute atomic E-state index is 10.3. The van der Waals surface area contributed by atoms with Crippen LogP contribution in [0.1, 0.15) is 90.4 Å². The van der Waals surface area contributed by atoms with Crippen LogP contribution in [-0.2, 0) is 4.79 Å². The van der Waals surface area contributed by atoms with E-state index in [4.69, 9.17) is 5.11 Å². The van der Waals surface area contributed by atoms with Crippen molar-refractivity contribution >= 4 is 5.97 Å². The van der Waals surface area contributed by atoms with Crippen molar-refractivity contribution in [2.24, 2.45) is 11.8 Å². The molecule has 0 saturated heterocycles. The number of rotatable bonds is 13. The lowest BCUT2D eigenvalue weighted by Crippen LogP contribution is -2.07. The summed E-state index contributed by atoms with van der Waals surface area (Å²) in [5.41, 5.74) is 0. The molecule has 0 aliphatic heterocycles. The number of hydrogen-bond donors (Lipinski definition) is 1. The standard InChI is InChI=1S/C21H36O2/c1-2-3-4-5-7-10-14-19-16-13-17-20(19)15-11-8-6-9-12-18-21(22)23/h6,9,12,18-20H,2-5,7-8,10-11,13-17H2,1H3,(H,22,23)/b9-6?,18-12+/t19-,20-/m0/s1. The van der Waals surface area contributed by atoms with Crippen molar-refractivity contribution in [2.45, 2.75) is 90.4 Å². The highest BCUT2D eigenvalue weighted by Crippen LogP contribution is 2.38. The molecule has 1 N–H and O–H groups in total. The summed E-state index contributed by atoms with van der Waals surface area (Å²) in [4.78, 5) is 10.3. The zero-order chi connectivity index (χ0) is 16.8. The Kier molecular flexibility index (Phi) is 11.6. The Balaban J connectivity index is 2.07. The number of allylic oxidation sites excluding steroid dienone is 3. The van der Waals surface area contributed by atoms with Gasteiger partial charge < -0.3 is 5.11 Å². The van der Waals surface area contributed by atoms with Gasteiger partial charge in [-0.15, -0.1) is 0 Å². The minimum absolute atomic E-state index is 0.877. The van der Waals surface area contributed by atoms with Crippen molar-refractivity contribution in [3.63, 3.8) is 0 Å². The van der Waals surface area contributed by atoms with Gasteiger partial charge in [-0.2, -0.15) is 0 Å².